The van der Waals surface area contributed by atoms with E-state index in [1.807, 2.05) is 12.3 Å². The molecule has 2 atom stereocenters. The fourth-order valence-electron chi connectivity index (χ4n) is 4.05. The Morgan fingerprint density at radius 2 is 2.15 bits per heavy atom. The van der Waals surface area contributed by atoms with Gasteiger partial charge in [-0.2, -0.15) is 0 Å². The largest absolute Gasteiger partial charge is 0.354 e. The summed E-state index contributed by atoms with van der Waals surface area (Å²) in [4.78, 5) is 20.6. The van der Waals surface area contributed by atoms with Crippen LogP contribution in [0.2, 0.25) is 0 Å². The third-order valence-corrected chi connectivity index (χ3v) is 6.53. The van der Waals surface area contributed by atoms with Crippen LogP contribution in [0.5, 0.6) is 0 Å². The van der Waals surface area contributed by atoms with Gasteiger partial charge in [0, 0.05) is 36.3 Å². The molecule has 5 nitrogen and oxygen atoms in total. The molecule has 0 bridgehead atoms. The lowest BCUT2D eigenvalue weighted by Crippen LogP contribution is -2.45. The van der Waals surface area contributed by atoms with Crippen LogP contribution in [0, 0.1) is 5.92 Å². The van der Waals surface area contributed by atoms with Crippen LogP contribution in [0.25, 0.3) is 10.6 Å². The molecule has 2 unspecified atom stereocenters. The van der Waals surface area contributed by atoms with E-state index >= 15 is 0 Å². The molecule has 2 aromatic rings. The molecule has 0 spiro atoms. The maximum Gasteiger partial charge on any atom is 0.237 e. The molecule has 0 aliphatic carbocycles. The number of amides is 1. The zero-order valence-electron chi connectivity index (χ0n) is 15.7. The second kappa shape index (κ2) is 8.95. The highest BCUT2D eigenvalue weighted by Crippen LogP contribution is 2.27. The summed E-state index contributed by atoms with van der Waals surface area (Å²) in [7, 11) is 0. The average Bonchev–Trinajstić information content (AvgIpc) is 3.39. The molecule has 0 saturated carbocycles. The third-order valence-electron chi connectivity index (χ3n) is 5.50. The number of piperidine rings is 1. The van der Waals surface area contributed by atoms with Gasteiger partial charge in [0.05, 0.1) is 6.04 Å². The summed E-state index contributed by atoms with van der Waals surface area (Å²) < 4.78 is 0. The molecule has 2 fully saturated rings. The van der Waals surface area contributed by atoms with E-state index in [4.69, 9.17) is 0 Å². The van der Waals surface area contributed by atoms with Crippen molar-refractivity contribution in [3.05, 3.63) is 41.4 Å². The first kappa shape index (κ1) is 18.6. The highest BCUT2D eigenvalue weighted by Gasteiger charge is 2.25. The van der Waals surface area contributed by atoms with Crippen LogP contribution >= 0.6 is 11.3 Å². The van der Waals surface area contributed by atoms with Crippen LogP contribution in [0.1, 0.15) is 30.6 Å². The molecule has 2 N–H and O–H groups in total. The quantitative estimate of drug-likeness (QED) is 0.804. The minimum Gasteiger partial charge on any atom is -0.354 e. The summed E-state index contributed by atoms with van der Waals surface area (Å²) in [6, 6.07) is 10.4. The molecule has 144 valence electrons. The summed E-state index contributed by atoms with van der Waals surface area (Å²) in [6.07, 6.45) is 6.50. The number of carbonyl (C=O) groups excluding carboxylic acids is 1. The van der Waals surface area contributed by atoms with Crippen molar-refractivity contribution >= 4 is 17.2 Å². The Hall–Kier alpha value is -1.76. The van der Waals surface area contributed by atoms with Gasteiger partial charge in [0.2, 0.25) is 5.91 Å². The van der Waals surface area contributed by atoms with Crippen LogP contribution in [-0.2, 0) is 11.3 Å². The number of aromatic nitrogens is 1. The van der Waals surface area contributed by atoms with Gasteiger partial charge in [-0.25, -0.2) is 4.98 Å². The van der Waals surface area contributed by atoms with Crippen molar-refractivity contribution in [3.8, 4) is 10.6 Å². The van der Waals surface area contributed by atoms with Gasteiger partial charge in [-0.3, -0.25) is 9.69 Å². The SMILES string of the molecule is O=C(NCC1CCCN(Cc2cnc(-c3ccccc3)s2)C1)C1CCCN1. The molecule has 2 saturated heterocycles. The average molecular weight is 385 g/mol. The summed E-state index contributed by atoms with van der Waals surface area (Å²) in [6.45, 7) is 4.91. The second-order valence-corrected chi connectivity index (χ2v) is 8.75. The number of nitrogens with zero attached hydrogens (tertiary/aromatic N) is 2. The van der Waals surface area contributed by atoms with Gasteiger partial charge in [-0.15, -0.1) is 11.3 Å². The molecule has 27 heavy (non-hydrogen) atoms. The van der Waals surface area contributed by atoms with Crippen molar-refractivity contribution in [1.82, 2.24) is 20.5 Å². The molecule has 1 amide bonds. The number of nitrogens with one attached hydrogen (secondary N) is 2. The van der Waals surface area contributed by atoms with Gasteiger partial charge in [-0.1, -0.05) is 30.3 Å². The first-order valence-electron chi connectivity index (χ1n) is 10.0. The Balaban J connectivity index is 1.27. The third kappa shape index (κ3) is 4.94. The van der Waals surface area contributed by atoms with E-state index in [0.29, 0.717) is 5.92 Å². The number of carbonyl (C=O) groups is 1. The predicted molar refractivity (Wildman–Crippen MR) is 110 cm³/mol. The fraction of sp³-hybridized carbons (Fsp3) is 0.524. The van der Waals surface area contributed by atoms with E-state index in [2.05, 4.69) is 44.8 Å². The molecule has 1 aromatic heterocycles. The number of thiazole rings is 1. The highest BCUT2D eigenvalue weighted by atomic mass is 32.1. The van der Waals surface area contributed by atoms with E-state index in [1.165, 1.54) is 23.3 Å². The lowest BCUT2D eigenvalue weighted by Gasteiger charge is -2.32. The number of hydrogen-bond acceptors (Lipinski definition) is 5. The molecule has 2 aliphatic rings. The Morgan fingerprint density at radius 3 is 2.96 bits per heavy atom. The number of rotatable bonds is 6. The first-order chi connectivity index (χ1) is 13.3. The monoisotopic (exact) mass is 384 g/mol. The molecular formula is C21H28N4OS. The molecule has 3 heterocycles. The molecule has 1 aromatic carbocycles. The summed E-state index contributed by atoms with van der Waals surface area (Å²) >= 11 is 1.79. The molecule has 4 rings (SSSR count). The highest BCUT2D eigenvalue weighted by molar-refractivity contribution is 7.15. The predicted octanol–water partition coefficient (Wildman–Crippen LogP) is 2.89. The van der Waals surface area contributed by atoms with Crippen molar-refractivity contribution in [3.63, 3.8) is 0 Å². The molecule has 0 radical (unpaired) electrons. The summed E-state index contributed by atoms with van der Waals surface area (Å²) in [5.41, 5.74) is 1.19. The van der Waals surface area contributed by atoms with Gasteiger partial charge >= 0.3 is 0 Å². The Bertz CT molecular complexity index is 742. The van der Waals surface area contributed by atoms with E-state index in [-0.39, 0.29) is 11.9 Å². The maximum absolute atomic E-state index is 12.2. The van der Waals surface area contributed by atoms with Crippen LogP contribution in [0.4, 0.5) is 0 Å². The van der Waals surface area contributed by atoms with Crippen molar-refractivity contribution in [2.45, 2.75) is 38.3 Å². The van der Waals surface area contributed by atoms with Crippen molar-refractivity contribution in [1.29, 1.82) is 0 Å². The fourth-order valence-corrected chi connectivity index (χ4v) is 5.01. The van der Waals surface area contributed by atoms with Crippen molar-refractivity contribution in [2.24, 2.45) is 5.92 Å². The lowest BCUT2D eigenvalue weighted by atomic mass is 9.98. The summed E-state index contributed by atoms with van der Waals surface area (Å²) in [5, 5.41) is 7.53. The van der Waals surface area contributed by atoms with Gasteiger partial charge in [-0.05, 0) is 44.7 Å². The van der Waals surface area contributed by atoms with E-state index < -0.39 is 0 Å². The zero-order valence-corrected chi connectivity index (χ0v) is 16.5. The van der Waals surface area contributed by atoms with Crippen molar-refractivity contribution < 1.29 is 4.79 Å². The van der Waals surface area contributed by atoms with Crippen LogP contribution in [0.3, 0.4) is 0 Å². The van der Waals surface area contributed by atoms with Gasteiger partial charge in [0.25, 0.3) is 0 Å². The smallest absolute Gasteiger partial charge is 0.237 e. The molecule has 2 aliphatic heterocycles. The van der Waals surface area contributed by atoms with Gasteiger partial charge < -0.3 is 10.6 Å². The maximum atomic E-state index is 12.2. The standard InChI is InChI=1S/C21H28N4OS/c26-20(19-9-4-10-22-19)23-12-16-6-5-11-25(14-16)15-18-13-24-21(27-18)17-7-2-1-3-8-17/h1-3,7-8,13,16,19,22H,4-6,9-12,14-15H2,(H,23,26). The molecular weight excluding hydrogens is 356 g/mol. The first-order valence-corrected chi connectivity index (χ1v) is 10.8. The minimum absolute atomic E-state index is 0.0262. The minimum atomic E-state index is 0.0262. The Kier molecular flexibility index (Phi) is 6.17. The number of likely N-dealkylation sites (tertiary alicyclic amines) is 1. The molecule has 6 heteroatoms. The second-order valence-electron chi connectivity index (χ2n) is 7.64. The Labute approximate surface area is 165 Å². The normalized spacial score (nSPS) is 23.4. The van der Waals surface area contributed by atoms with Gasteiger partial charge in [0.1, 0.15) is 5.01 Å². The van der Waals surface area contributed by atoms with Gasteiger partial charge in [0.15, 0.2) is 0 Å². The lowest BCUT2D eigenvalue weighted by molar-refractivity contribution is -0.123. The van der Waals surface area contributed by atoms with E-state index in [0.717, 1.165) is 50.6 Å². The van der Waals surface area contributed by atoms with Crippen molar-refractivity contribution in [2.75, 3.05) is 26.2 Å². The summed E-state index contributed by atoms with van der Waals surface area (Å²) in [5.74, 6) is 0.727. The van der Waals surface area contributed by atoms with Crippen LogP contribution < -0.4 is 10.6 Å². The van der Waals surface area contributed by atoms with Crippen LogP contribution in [0.15, 0.2) is 36.5 Å². The van der Waals surface area contributed by atoms with Crippen LogP contribution in [-0.4, -0.2) is 48.0 Å². The number of benzene rings is 1. The topological polar surface area (TPSA) is 57.3 Å². The zero-order chi connectivity index (χ0) is 18.5. The van der Waals surface area contributed by atoms with E-state index in [9.17, 15) is 4.79 Å². The Morgan fingerprint density at radius 1 is 1.26 bits per heavy atom. The number of hydrogen-bond donors (Lipinski definition) is 2. The van der Waals surface area contributed by atoms with E-state index in [1.54, 1.807) is 11.3 Å².